The van der Waals surface area contributed by atoms with Crippen LogP contribution in [-0.2, 0) is 4.79 Å². The molecule has 172 valence electrons. The third kappa shape index (κ3) is 5.43. The van der Waals surface area contributed by atoms with E-state index in [2.05, 4.69) is 20.5 Å². The molecule has 1 amide bonds. The Bertz CT molecular complexity index is 893. The molecule has 2 aliphatic heterocycles. The Morgan fingerprint density at radius 3 is 2.75 bits per heavy atom. The lowest BCUT2D eigenvalue weighted by atomic mass is 10.1. The van der Waals surface area contributed by atoms with Crippen LogP contribution in [0.25, 0.3) is 0 Å². The number of rotatable bonds is 8. The van der Waals surface area contributed by atoms with E-state index < -0.39 is 0 Å². The van der Waals surface area contributed by atoms with Crippen LogP contribution in [0.1, 0.15) is 37.5 Å². The van der Waals surface area contributed by atoms with Gasteiger partial charge in [0.05, 0.1) is 18.0 Å². The zero-order chi connectivity index (χ0) is 22.2. The van der Waals surface area contributed by atoms with Crippen LogP contribution >= 0.6 is 0 Å². The fraction of sp³-hybridized carbons (Fsp3) is 0.500. The van der Waals surface area contributed by atoms with Crippen molar-refractivity contribution in [3.63, 3.8) is 0 Å². The van der Waals surface area contributed by atoms with Crippen molar-refractivity contribution < 1.29 is 13.9 Å². The molecule has 2 aromatic rings. The van der Waals surface area contributed by atoms with Gasteiger partial charge in [0.25, 0.3) is 5.91 Å². The number of amides is 1. The molecule has 2 aliphatic rings. The summed E-state index contributed by atoms with van der Waals surface area (Å²) < 4.78 is 11.2. The molecule has 2 N–H and O–H groups in total. The van der Waals surface area contributed by atoms with E-state index in [1.165, 1.54) is 19.3 Å². The minimum atomic E-state index is -0.00553. The van der Waals surface area contributed by atoms with Crippen molar-refractivity contribution in [2.75, 3.05) is 51.3 Å². The molecule has 0 spiro atoms. The standard InChI is InChI=1S/C24H33N5O3/c1-25-24(27-17-20(22-11-7-16-31-22)28-13-5-2-6-14-28)26-12-8-15-29-19-9-3-4-10-21(19)32-18-23(29)30/h3-4,7,9-11,16,20H,2,5-6,8,12-15,17-18H2,1H3,(H2,25,26,27). The molecule has 1 saturated heterocycles. The second kappa shape index (κ2) is 11.0. The van der Waals surface area contributed by atoms with E-state index in [-0.39, 0.29) is 18.6 Å². The first kappa shape index (κ1) is 22.2. The monoisotopic (exact) mass is 439 g/mol. The lowest BCUT2D eigenvalue weighted by Gasteiger charge is -2.33. The van der Waals surface area contributed by atoms with Gasteiger partial charge >= 0.3 is 0 Å². The zero-order valence-corrected chi connectivity index (χ0v) is 18.8. The number of guanidine groups is 1. The van der Waals surface area contributed by atoms with Gasteiger partial charge in [0.1, 0.15) is 11.5 Å². The van der Waals surface area contributed by atoms with Gasteiger partial charge in [0.15, 0.2) is 12.6 Å². The van der Waals surface area contributed by atoms with Crippen LogP contribution in [0.3, 0.4) is 0 Å². The minimum absolute atomic E-state index is 0.00553. The van der Waals surface area contributed by atoms with Gasteiger partial charge in [-0.2, -0.15) is 0 Å². The van der Waals surface area contributed by atoms with Gasteiger partial charge in [0, 0.05) is 26.7 Å². The number of carbonyl (C=O) groups is 1. The van der Waals surface area contributed by atoms with Crippen LogP contribution in [0.15, 0.2) is 52.1 Å². The fourth-order valence-corrected chi connectivity index (χ4v) is 4.38. The number of anilines is 1. The Morgan fingerprint density at radius 2 is 1.97 bits per heavy atom. The first-order chi connectivity index (χ1) is 15.8. The van der Waals surface area contributed by atoms with E-state index >= 15 is 0 Å². The molecule has 8 heteroatoms. The van der Waals surface area contributed by atoms with Gasteiger partial charge < -0.3 is 24.7 Å². The molecule has 0 aliphatic carbocycles. The highest BCUT2D eigenvalue weighted by Gasteiger charge is 2.25. The summed E-state index contributed by atoms with van der Waals surface area (Å²) in [5, 5.41) is 6.83. The lowest BCUT2D eigenvalue weighted by Crippen LogP contribution is -2.45. The number of ether oxygens (including phenoxy) is 1. The van der Waals surface area contributed by atoms with Crippen molar-refractivity contribution in [2.24, 2.45) is 4.99 Å². The van der Waals surface area contributed by atoms with Crippen LogP contribution in [0.5, 0.6) is 5.75 Å². The molecule has 1 unspecified atom stereocenters. The second-order valence-electron chi connectivity index (χ2n) is 8.16. The molecular formula is C24H33N5O3. The molecule has 4 rings (SSSR count). The number of hydrogen-bond acceptors (Lipinski definition) is 5. The Balaban J connectivity index is 1.26. The van der Waals surface area contributed by atoms with Crippen molar-refractivity contribution in [2.45, 2.75) is 31.7 Å². The molecule has 0 saturated carbocycles. The summed E-state index contributed by atoms with van der Waals surface area (Å²) in [5.74, 6) is 2.50. The van der Waals surface area contributed by atoms with E-state index in [4.69, 9.17) is 9.15 Å². The summed E-state index contributed by atoms with van der Waals surface area (Å²) in [6.45, 7) is 4.34. The van der Waals surface area contributed by atoms with Crippen LogP contribution in [-0.4, -0.2) is 63.1 Å². The largest absolute Gasteiger partial charge is 0.482 e. The highest BCUT2D eigenvalue weighted by molar-refractivity contribution is 5.97. The molecule has 1 fully saturated rings. The van der Waals surface area contributed by atoms with Crippen LogP contribution < -0.4 is 20.3 Å². The summed E-state index contributed by atoms with van der Waals surface area (Å²) in [7, 11) is 1.78. The number of hydrogen-bond donors (Lipinski definition) is 2. The van der Waals surface area contributed by atoms with E-state index in [1.807, 2.05) is 36.4 Å². The molecule has 1 aromatic heterocycles. The maximum absolute atomic E-state index is 12.3. The van der Waals surface area contributed by atoms with Crippen molar-refractivity contribution in [3.8, 4) is 5.75 Å². The topological polar surface area (TPSA) is 82.3 Å². The Kier molecular flexibility index (Phi) is 7.66. The number of carbonyl (C=O) groups excluding carboxylic acids is 1. The highest BCUT2D eigenvalue weighted by atomic mass is 16.5. The predicted molar refractivity (Wildman–Crippen MR) is 125 cm³/mol. The van der Waals surface area contributed by atoms with Crippen molar-refractivity contribution in [1.82, 2.24) is 15.5 Å². The van der Waals surface area contributed by atoms with Crippen LogP contribution in [0, 0.1) is 0 Å². The highest BCUT2D eigenvalue weighted by Crippen LogP contribution is 2.31. The SMILES string of the molecule is CN=C(NCCCN1C(=O)COc2ccccc21)NCC(c1ccco1)N1CCCCC1. The van der Waals surface area contributed by atoms with Crippen LogP contribution in [0.2, 0.25) is 0 Å². The molecule has 32 heavy (non-hydrogen) atoms. The molecule has 0 bridgehead atoms. The Morgan fingerprint density at radius 1 is 1.12 bits per heavy atom. The smallest absolute Gasteiger partial charge is 0.265 e. The van der Waals surface area contributed by atoms with Gasteiger partial charge in [-0.15, -0.1) is 0 Å². The molecule has 0 radical (unpaired) electrons. The number of piperidine rings is 1. The average Bonchev–Trinajstić information content (AvgIpc) is 3.37. The van der Waals surface area contributed by atoms with E-state index in [0.29, 0.717) is 13.1 Å². The van der Waals surface area contributed by atoms with Gasteiger partial charge in [-0.3, -0.25) is 14.7 Å². The fourth-order valence-electron chi connectivity index (χ4n) is 4.38. The van der Waals surface area contributed by atoms with Gasteiger partial charge in [-0.1, -0.05) is 18.6 Å². The number of nitrogens with zero attached hydrogens (tertiary/aromatic N) is 3. The first-order valence-electron chi connectivity index (χ1n) is 11.5. The van der Waals surface area contributed by atoms with Gasteiger partial charge in [-0.05, 0) is 56.6 Å². The normalized spacial score (nSPS) is 18.1. The van der Waals surface area contributed by atoms with Crippen molar-refractivity contribution in [3.05, 3.63) is 48.4 Å². The number of furan rings is 1. The summed E-state index contributed by atoms with van der Waals surface area (Å²) >= 11 is 0. The van der Waals surface area contributed by atoms with E-state index in [0.717, 1.165) is 49.2 Å². The molecular weight excluding hydrogens is 406 g/mol. The summed E-state index contributed by atoms with van der Waals surface area (Å²) in [6, 6.07) is 11.9. The summed E-state index contributed by atoms with van der Waals surface area (Å²) in [5.41, 5.74) is 0.842. The van der Waals surface area contributed by atoms with Crippen molar-refractivity contribution in [1.29, 1.82) is 0 Å². The second-order valence-corrected chi connectivity index (χ2v) is 8.16. The maximum atomic E-state index is 12.3. The summed E-state index contributed by atoms with van der Waals surface area (Å²) in [4.78, 5) is 21.0. The molecule has 8 nitrogen and oxygen atoms in total. The van der Waals surface area contributed by atoms with Gasteiger partial charge in [-0.25, -0.2) is 0 Å². The number of nitrogens with one attached hydrogen (secondary N) is 2. The quantitative estimate of drug-likeness (QED) is 0.374. The third-order valence-electron chi connectivity index (χ3n) is 6.05. The Labute approximate surface area is 189 Å². The van der Waals surface area contributed by atoms with Crippen molar-refractivity contribution >= 4 is 17.6 Å². The van der Waals surface area contributed by atoms with E-state index in [9.17, 15) is 4.79 Å². The predicted octanol–water partition coefficient (Wildman–Crippen LogP) is 2.79. The third-order valence-corrected chi connectivity index (χ3v) is 6.05. The number of aliphatic imine (C=N–C) groups is 1. The zero-order valence-electron chi connectivity index (χ0n) is 18.8. The van der Waals surface area contributed by atoms with E-state index in [1.54, 1.807) is 18.2 Å². The number of para-hydroxylation sites is 2. The average molecular weight is 440 g/mol. The lowest BCUT2D eigenvalue weighted by molar-refractivity contribution is -0.121. The van der Waals surface area contributed by atoms with Crippen LogP contribution in [0.4, 0.5) is 5.69 Å². The minimum Gasteiger partial charge on any atom is -0.482 e. The number of benzene rings is 1. The Hall–Kier alpha value is -3.00. The number of fused-ring (bicyclic) bond motifs is 1. The molecule has 1 aromatic carbocycles. The first-order valence-corrected chi connectivity index (χ1v) is 11.5. The number of likely N-dealkylation sites (tertiary alicyclic amines) is 1. The van der Waals surface area contributed by atoms with Gasteiger partial charge in [0.2, 0.25) is 0 Å². The maximum Gasteiger partial charge on any atom is 0.265 e. The summed E-state index contributed by atoms with van der Waals surface area (Å²) in [6.07, 6.45) is 6.30. The molecule has 3 heterocycles. The molecule has 1 atom stereocenters.